The predicted molar refractivity (Wildman–Crippen MR) is 95.0 cm³/mol. The maximum atomic E-state index is 12.3. The molecular formula is C19H30N2O3. The third-order valence-corrected chi connectivity index (χ3v) is 4.52. The van der Waals surface area contributed by atoms with Gasteiger partial charge in [0.15, 0.2) is 0 Å². The van der Waals surface area contributed by atoms with Crippen molar-refractivity contribution in [1.82, 2.24) is 10.6 Å². The Labute approximate surface area is 145 Å². The molecule has 5 heteroatoms. The van der Waals surface area contributed by atoms with Gasteiger partial charge in [-0.2, -0.15) is 0 Å². The Morgan fingerprint density at radius 2 is 1.75 bits per heavy atom. The largest absolute Gasteiger partial charge is 0.491 e. The second kappa shape index (κ2) is 9.04. The first-order valence-corrected chi connectivity index (χ1v) is 9.04. The zero-order valence-corrected chi connectivity index (χ0v) is 15.1. The lowest BCUT2D eigenvalue weighted by molar-refractivity contribution is -0.121. The topological polar surface area (TPSA) is 59.6 Å². The van der Waals surface area contributed by atoms with Gasteiger partial charge in [-0.15, -0.1) is 0 Å². The number of hydrogen-bond acceptors (Lipinski definition) is 4. The van der Waals surface area contributed by atoms with Crippen molar-refractivity contribution in [3.63, 3.8) is 0 Å². The Morgan fingerprint density at radius 3 is 2.38 bits per heavy atom. The highest BCUT2D eigenvalue weighted by Gasteiger charge is 2.44. The van der Waals surface area contributed by atoms with E-state index >= 15 is 0 Å². The van der Waals surface area contributed by atoms with E-state index in [1.165, 1.54) is 19.3 Å². The van der Waals surface area contributed by atoms with Gasteiger partial charge in [-0.3, -0.25) is 10.1 Å². The second-order valence-electron chi connectivity index (χ2n) is 6.12. The molecule has 1 amide bonds. The van der Waals surface area contributed by atoms with Crippen LogP contribution in [0.4, 0.5) is 0 Å². The number of hydrogen-bond donors (Lipinski definition) is 2. The SMILES string of the molecule is CC.COCCOc1ccc(C2NC3(CCCCC3)NC2=O)cc1. The minimum Gasteiger partial charge on any atom is -0.491 e. The molecule has 2 N–H and O–H groups in total. The van der Waals surface area contributed by atoms with Crippen molar-refractivity contribution < 1.29 is 14.3 Å². The van der Waals surface area contributed by atoms with Gasteiger partial charge in [0.1, 0.15) is 18.4 Å². The maximum Gasteiger partial charge on any atom is 0.243 e. The lowest BCUT2D eigenvalue weighted by Crippen LogP contribution is -2.51. The number of amides is 1. The van der Waals surface area contributed by atoms with Crippen molar-refractivity contribution in [2.24, 2.45) is 0 Å². The van der Waals surface area contributed by atoms with Gasteiger partial charge in [-0.25, -0.2) is 0 Å². The number of ether oxygens (including phenoxy) is 2. The van der Waals surface area contributed by atoms with Gasteiger partial charge in [0.25, 0.3) is 0 Å². The van der Waals surface area contributed by atoms with E-state index in [1.54, 1.807) is 7.11 Å². The highest BCUT2D eigenvalue weighted by molar-refractivity contribution is 5.86. The first-order chi connectivity index (χ1) is 11.7. The molecule has 1 aliphatic heterocycles. The molecule has 2 fully saturated rings. The molecule has 5 nitrogen and oxygen atoms in total. The summed E-state index contributed by atoms with van der Waals surface area (Å²) in [6.45, 7) is 5.10. The third-order valence-electron chi connectivity index (χ3n) is 4.52. The van der Waals surface area contributed by atoms with Crippen LogP contribution >= 0.6 is 0 Å². The summed E-state index contributed by atoms with van der Waals surface area (Å²) < 4.78 is 10.5. The molecule has 0 bridgehead atoms. The first-order valence-electron chi connectivity index (χ1n) is 9.04. The van der Waals surface area contributed by atoms with E-state index in [2.05, 4.69) is 10.6 Å². The van der Waals surface area contributed by atoms with Gasteiger partial charge in [0, 0.05) is 7.11 Å². The van der Waals surface area contributed by atoms with Crippen LogP contribution < -0.4 is 15.4 Å². The summed E-state index contributed by atoms with van der Waals surface area (Å²) in [5, 5.41) is 6.70. The summed E-state index contributed by atoms with van der Waals surface area (Å²) >= 11 is 0. The van der Waals surface area contributed by atoms with Gasteiger partial charge in [-0.05, 0) is 43.4 Å². The second-order valence-corrected chi connectivity index (χ2v) is 6.12. The van der Waals surface area contributed by atoms with Crippen LogP contribution in [-0.2, 0) is 9.53 Å². The first kappa shape index (κ1) is 18.7. The number of benzene rings is 1. The fourth-order valence-corrected chi connectivity index (χ4v) is 3.34. The summed E-state index contributed by atoms with van der Waals surface area (Å²) in [4.78, 5) is 12.3. The fourth-order valence-electron chi connectivity index (χ4n) is 3.34. The van der Waals surface area contributed by atoms with Crippen molar-refractivity contribution in [3.8, 4) is 5.75 Å². The van der Waals surface area contributed by atoms with Crippen LogP contribution in [0.5, 0.6) is 5.75 Å². The Morgan fingerprint density at radius 1 is 1.08 bits per heavy atom. The maximum absolute atomic E-state index is 12.3. The van der Waals surface area contributed by atoms with Crippen LogP contribution in [0.15, 0.2) is 24.3 Å². The molecule has 1 spiro atoms. The predicted octanol–water partition coefficient (Wildman–Crippen LogP) is 3.16. The van der Waals surface area contributed by atoms with E-state index in [9.17, 15) is 4.79 Å². The zero-order chi connectivity index (χ0) is 17.4. The minimum absolute atomic E-state index is 0.0787. The van der Waals surface area contributed by atoms with E-state index < -0.39 is 0 Å². The van der Waals surface area contributed by atoms with Crippen LogP contribution in [0.2, 0.25) is 0 Å². The molecule has 134 valence electrons. The molecule has 2 aliphatic rings. The van der Waals surface area contributed by atoms with Crippen LogP contribution in [0.1, 0.15) is 57.6 Å². The molecule has 1 heterocycles. The smallest absolute Gasteiger partial charge is 0.243 e. The molecule has 3 rings (SSSR count). The van der Waals surface area contributed by atoms with Crippen LogP contribution in [-0.4, -0.2) is 31.9 Å². The molecule has 1 saturated carbocycles. The summed E-state index contributed by atoms with van der Waals surface area (Å²) in [5.74, 6) is 0.876. The fraction of sp³-hybridized carbons (Fsp3) is 0.632. The number of carbonyl (C=O) groups is 1. The summed E-state index contributed by atoms with van der Waals surface area (Å²) in [5.41, 5.74) is 0.798. The number of methoxy groups -OCH3 is 1. The Kier molecular flexibility index (Phi) is 7.06. The minimum atomic E-state index is -0.258. The van der Waals surface area contributed by atoms with Crippen molar-refractivity contribution in [1.29, 1.82) is 0 Å². The van der Waals surface area contributed by atoms with Crippen molar-refractivity contribution in [2.45, 2.75) is 57.7 Å². The molecule has 1 atom stereocenters. The van der Waals surface area contributed by atoms with E-state index in [0.717, 1.165) is 24.2 Å². The van der Waals surface area contributed by atoms with Gasteiger partial charge in [-0.1, -0.05) is 32.4 Å². The molecule has 0 radical (unpaired) electrons. The van der Waals surface area contributed by atoms with E-state index in [0.29, 0.717) is 13.2 Å². The lowest BCUT2D eigenvalue weighted by atomic mass is 9.89. The van der Waals surface area contributed by atoms with Gasteiger partial charge < -0.3 is 14.8 Å². The van der Waals surface area contributed by atoms with E-state index in [-0.39, 0.29) is 17.6 Å². The van der Waals surface area contributed by atoms with Gasteiger partial charge >= 0.3 is 0 Å². The summed E-state index contributed by atoms with van der Waals surface area (Å²) in [7, 11) is 1.65. The molecule has 24 heavy (non-hydrogen) atoms. The molecule has 1 aliphatic carbocycles. The van der Waals surface area contributed by atoms with Gasteiger partial charge in [0.2, 0.25) is 5.91 Å². The molecule has 1 aromatic rings. The third kappa shape index (κ3) is 4.48. The van der Waals surface area contributed by atoms with E-state index in [1.807, 2.05) is 38.1 Å². The van der Waals surface area contributed by atoms with Crippen LogP contribution in [0, 0.1) is 0 Å². The lowest BCUT2D eigenvalue weighted by Gasteiger charge is -2.33. The van der Waals surface area contributed by atoms with Crippen molar-refractivity contribution in [2.75, 3.05) is 20.3 Å². The van der Waals surface area contributed by atoms with Gasteiger partial charge in [0.05, 0.1) is 12.3 Å². The molecule has 1 saturated heterocycles. The highest BCUT2D eigenvalue weighted by Crippen LogP contribution is 2.33. The Balaban J connectivity index is 0.00000100. The van der Waals surface area contributed by atoms with E-state index in [4.69, 9.17) is 9.47 Å². The zero-order valence-electron chi connectivity index (χ0n) is 15.1. The standard InChI is InChI=1S/C17H24N2O3.C2H6/c1-21-11-12-22-14-7-5-13(6-8-14)15-16(20)19-17(18-15)9-3-2-4-10-17;1-2/h5-8,15,18H,2-4,9-12H2,1H3,(H,19,20);1-2H3. The number of nitrogens with one attached hydrogen (secondary N) is 2. The Bertz CT molecular complexity index is 510. The van der Waals surface area contributed by atoms with Crippen LogP contribution in [0.25, 0.3) is 0 Å². The van der Waals surface area contributed by atoms with Crippen molar-refractivity contribution >= 4 is 5.91 Å². The summed E-state index contributed by atoms with van der Waals surface area (Å²) in [6.07, 6.45) is 5.65. The van der Waals surface area contributed by atoms with Crippen LogP contribution in [0.3, 0.4) is 0 Å². The molecule has 1 unspecified atom stereocenters. The van der Waals surface area contributed by atoms with Crippen molar-refractivity contribution in [3.05, 3.63) is 29.8 Å². The highest BCUT2D eigenvalue weighted by atomic mass is 16.5. The monoisotopic (exact) mass is 334 g/mol. The molecule has 1 aromatic carbocycles. The Hall–Kier alpha value is -1.59. The number of rotatable bonds is 5. The summed E-state index contributed by atoms with van der Waals surface area (Å²) in [6, 6.07) is 7.48. The average Bonchev–Trinajstić information content (AvgIpc) is 2.94. The quantitative estimate of drug-likeness (QED) is 0.812. The normalized spacial score (nSPS) is 21.8. The average molecular weight is 334 g/mol. The number of carbonyl (C=O) groups excluding carboxylic acids is 1. The molecule has 0 aromatic heterocycles. The molecular weight excluding hydrogens is 304 g/mol.